The Bertz CT molecular complexity index is 1190. The van der Waals surface area contributed by atoms with Gasteiger partial charge in [0.25, 0.3) is 5.56 Å². The maximum atomic E-state index is 12.3. The van der Waals surface area contributed by atoms with E-state index in [1.165, 1.54) is 0 Å². The van der Waals surface area contributed by atoms with E-state index in [2.05, 4.69) is 16.0 Å². The van der Waals surface area contributed by atoms with Crippen molar-refractivity contribution in [3.8, 4) is 28.6 Å². The minimum absolute atomic E-state index is 0.155. The van der Waals surface area contributed by atoms with Gasteiger partial charge >= 0.3 is 0 Å². The zero-order chi connectivity index (χ0) is 17.2. The zero-order valence-corrected chi connectivity index (χ0v) is 13.2. The number of H-pyrrole nitrogens is 1. The maximum absolute atomic E-state index is 12.3. The Morgan fingerprint density at radius 2 is 1.56 bits per heavy atom. The van der Waals surface area contributed by atoms with Gasteiger partial charge in [-0.05, 0) is 41.5 Å². The third-order valence-corrected chi connectivity index (χ3v) is 4.07. The molecule has 0 aliphatic rings. The van der Waals surface area contributed by atoms with E-state index in [1.54, 1.807) is 12.1 Å². The standard InChI is InChI=1S/C21H13N3O/c22-13-14-5-3-6-15(11-14)16-7-4-8-17(12-16)20-23-19-10-2-1-9-18(19)21(25)24-20/h1-12H,(H,23,24,25). The Morgan fingerprint density at radius 1 is 0.840 bits per heavy atom. The Morgan fingerprint density at radius 3 is 2.40 bits per heavy atom. The van der Waals surface area contributed by atoms with Gasteiger partial charge in [0.05, 0.1) is 22.5 Å². The summed E-state index contributed by atoms with van der Waals surface area (Å²) < 4.78 is 0. The second-order valence-electron chi connectivity index (χ2n) is 5.71. The second kappa shape index (κ2) is 6.06. The van der Waals surface area contributed by atoms with Gasteiger partial charge in [-0.25, -0.2) is 4.98 Å². The largest absolute Gasteiger partial charge is 0.306 e. The Hall–Kier alpha value is -3.71. The first-order valence-electron chi connectivity index (χ1n) is 7.85. The summed E-state index contributed by atoms with van der Waals surface area (Å²) in [6, 6.07) is 24.6. The van der Waals surface area contributed by atoms with Crippen LogP contribution in [0.5, 0.6) is 0 Å². The first kappa shape index (κ1) is 14.9. The van der Waals surface area contributed by atoms with Crippen LogP contribution in [-0.2, 0) is 0 Å². The molecule has 0 fully saturated rings. The lowest BCUT2D eigenvalue weighted by Crippen LogP contribution is -2.09. The van der Waals surface area contributed by atoms with Gasteiger partial charge in [0.1, 0.15) is 5.82 Å². The molecule has 1 aromatic heterocycles. The molecule has 3 aromatic carbocycles. The third kappa shape index (κ3) is 2.79. The van der Waals surface area contributed by atoms with Crippen molar-refractivity contribution in [3.05, 3.63) is 88.7 Å². The number of rotatable bonds is 2. The highest BCUT2D eigenvalue weighted by molar-refractivity contribution is 5.80. The minimum atomic E-state index is -0.155. The number of nitrogens with one attached hydrogen (secondary N) is 1. The molecule has 25 heavy (non-hydrogen) atoms. The van der Waals surface area contributed by atoms with Crippen molar-refractivity contribution >= 4 is 10.9 Å². The van der Waals surface area contributed by atoms with Gasteiger partial charge in [-0.3, -0.25) is 4.79 Å². The summed E-state index contributed by atoms with van der Waals surface area (Å²) in [5.74, 6) is 0.530. The first-order valence-corrected chi connectivity index (χ1v) is 7.85. The SMILES string of the molecule is N#Cc1cccc(-c2cccc(-c3nc4ccccc4c(=O)[nH]3)c2)c1. The molecule has 0 atom stereocenters. The van der Waals surface area contributed by atoms with Crippen molar-refractivity contribution in [3.63, 3.8) is 0 Å². The molecular weight excluding hydrogens is 310 g/mol. The topological polar surface area (TPSA) is 69.5 Å². The average Bonchev–Trinajstić information content (AvgIpc) is 2.68. The van der Waals surface area contributed by atoms with Crippen molar-refractivity contribution in [1.29, 1.82) is 5.26 Å². The molecule has 0 bridgehead atoms. The van der Waals surface area contributed by atoms with Crippen molar-refractivity contribution in [1.82, 2.24) is 9.97 Å². The molecule has 118 valence electrons. The molecule has 4 nitrogen and oxygen atoms in total. The Kier molecular flexibility index (Phi) is 3.60. The average molecular weight is 323 g/mol. The molecule has 0 radical (unpaired) electrons. The van der Waals surface area contributed by atoms with Crippen LogP contribution < -0.4 is 5.56 Å². The number of aromatic amines is 1. The van der Waals surface area contributed by atoms with Crippen molar-refractivity contribution in [2.24, 2.45) is 0 Å². The molecule has 1 heterocycles. The Balaban J connectivity index is 1.85. The lowest BCUT2D eigenvalue weighted by molar-refractivity contribution is 1.18. The lowest BCUT2D eigenvalue weighted by atomic mass is 10.0. The highest BCUT2D eigenvalue weighted by Gasteiger charge is 2.07. The van der Waals surface area contributed by atoms with Crippen LogP contribution >= 0.6 is 0 Å². The molecule has 4 rings (SSSR count). The summed E-state index contributed by atoms with van der Waals surface area (Å²) in [5.41, 5.74) is 3.85. The van der Waals surface area contributed by atoms with Crippen LogP contribution in [0.4, 0.5) is 0 Å². The fraction of sp³-hybridized carbons (Fsp3) is 0. The molecular formula is C21H13N3O. The molecule has 0 saturated heterocycles. The van der Waals surface area contributed by atoms with E-state index in [1.807, 2.05) is 60.7 Å². The number of aromatic nitrogens is 2. The maximum Gasteiger partial charge on any atom is 0.259 e. The van der Waals surface area contributed by atoms with Crippen molar-refractivity contribution < 1.29 is 0 Å². The summed E-state index contributed by atoms with van der Waals surface area (Å²) >= 11 is 0. The van der Waals surface area contributed by atoms with Crippen LogP contribution in [0.25, 0.3) is 33.4 Å². The number of para-hydroxylation sites is 1. The van der Waals surface area contributed by atoms with Gasteiger partial charge in [0.2, 0.25) is 0 Å². The van der Waals surface area contributed by atoms with Crippen LogP contribution in [0.1, 0.15) is 5.56 Å². The highest BCUT2D eigenvalue weighted by atomic mass is 16.1. The van der Waals surface area contributed by atoms with Gasteiger partial charge in [-0.15, -0.1) is 0 Å². The summed E-state index contributed by atoms with van der Waals surface area (Å²) in [7, 11) is 0. The van der Waals surface area contributed by atoms with Crippen LogP contribution in [0.2, 0.25) is 0 Å². The zero-order valence-electron chi connectivity index (χ0n) is 13.2. The number of benzene rings is 3. The number of hydrogen-bond acceptors (Lipinski definition) is 3. The van der Waals surface area contributed by atoms with Gasteiger partial charge in [-0.2, -0.15) is 5.26 Å². The van der Waals surface area contributed by atoms with E-state index in [-0.39, 0.29) is 5.56 Å². The van der Waals surface area contributed by atoms with E-state index in [9.17, 15) is 4.79 Å². The summed E-state index contributed by atoms with van der Waals surface area (Å²) in [4.78, 5) is 19.7. The molecule has 0 aliphatic carbocycles. The summed E-state index contributed by atoms with van der Waals surface area (Å²) in [6.07, 6.45) is 0. The van der Waals surface area contributed by atoms with E-state index >= 15 is 0 Å². The second-order valence-corrected chi connectivity index (χ2v) is 5.71. The number of nitriles is 1. The smallest absolute Gasteiger partial charge is 0.259 e. The molecule has 0 saturated carbocycles. The fourth-order valence-electron chi connectivity index (χ4n) is 2.84. The monoisotopic (exact) mass is 323 g/mol. The van der Waals surface area contributed by atoms with Gasteiger partial charge in [0, 0.05) is 5.56 Å². The van der Waals surface area contributed by atoms with Crippen molar-refractivity contribution in [2.75, 3.05) is 0 Å². The molecule has 4 aromatic rings. The molecule has 0 amide bonds. The van der Waals surface area contributed by atoms with Crippen LogP contribution in [-0.4, -0.2) is 9.97 Å². The van der Waals surface area contributed by atoms with Gasteiger partial charge < -0.3 is 4.98 Å². The van der Waals surface area contributed by atoms with Crippen LogP contribution in [0.15, 0.2) is 77.6 Å². The van der Waals surface area contributed by atoms with E-state index in [0.717, 1.165) is 16.7 Å². The molecule has 0 spiro atoms. The number of hydrogen-bond donors (Lipinski definition) is 1. The number of nitrogens with zero attached hydrogens (tertiary/aromatic N) is 2. The molecule has 0 unspecified atom stereocenters. The van der Waals surface area contributed by atoms with Gasteiger partial charge in [0.15, 0.2) is 0 Å². The highest BCUT2D eigenvalue weighted by Crippen LogP contribution is 2.25. The predicted octanol–water partition coefficient (Wildman–Crippen LogP) is 4.13. The van der Waals surface area contributed by atoms with E-state index in [4.69, 9.17) is 5.26 Å². The lowest BCUT2D eigenvalue weighted by Gasteiger charge is -2.07. The first-order chi connectivity index (χ1) is 12.2. The third-order valence-electron chi connectivity index (χ3n) is 4.07. The van der Waals surface area contributed by atoms with Crippen molar-refractivity contribution in [2.45, 2.75) is 0 Å². The van der Waals surface area contributed by atoms with E-state index in [0.29, 0.717) is 22.3 Å². The molecule has 1 N–H and O–H groups in total. The number of fused-ring (bicyclic) bond motifs is 1. The minimum Gasteiger partial charge on any atom is -0.306 e. The van der Waals surface area contributed by atoms with Gasteiger partial charge in [-0.1, -0.05) is 42.5 Å². The summed E-state index contributed by atoms with van der Waals surface area (Å²) in [6.45, 7) is 0. The van der Waals surface area contributed by atoms with E-state index < -0.39 is 0 Å². The predicted molar refractivity (Wildman–Crippen MR) is 98.0 cm³/mol. The molecule has 0 aliphatic heterocycles. The van der Waals surface area contributed by atoms with Crippen LogP contribution in [0.3, 0.4) is 0 Å². The molecule has 4 heteroatoms. The quantitative estimate of drug-likeness (QED) is 0.603. The Labute approximate surface area is 144 Å². The fourth-order valence-corrected chi connectivity index (χ4v) is 2.84. The normalized spacial score (nSPS) is 10.5. The van der Waals surface area contributed by atoms with Crippen LogP contribution in [0, 0.1) is 11.3 Å². The summed E-state index contributed by atoms with van der Waals surface area (Å²) in [5, 5.41) is 9.65.